The lowest BCUT2D eigenvalue weighted by molar-refractivity contribution is -0.116. The third kappa shape index (κ3) is 5.47. The zero-order valence-corrected chi connectivity index (χ0v) is 12.9. The van der Waals surface area contributed by atoms with Crippen molar-refractivity contribution in [1.82, 2.24) is 5.32 Å². The maximum absolute atomic E-state index is 13.4. The Kier molecular flexibility index (Phi) is 6.37. The SMILES string of the molecule is O=C(CCNCCc1cccc(Cl)c1)Nc1ccccc1F. The van der Waals surface area contributed by atoms with Crippen molar-refractivity contribution < 1.29 is 9.18 Å². The second-order valence-electron chi connectivity index (χ2n) is 4.91. The van der Waals surface area contributed by atoms with Gasteiger partial charge in [-0.3, -0.25) is 4.79 Å². The van der Waals surface area contributed by atoms with Crippen LogP contribution in [0.1, 0.15) is 12.0 Å². The molecule has 22 heavy (non-hydrogen) atoms. The highest BCUT2D eigenvalue weighted by atomic mass is 35.5. The predicted octanol–water partition coefficient (Wildman–Crippen LogP) is 3.64. The maximum Gasteiger partial charge on any atom is 0.225 e. The number of anilines is 1. The Balaban J connectivity index is 1.64. The molecule has 0 radical (unpaired) electrons. The van der Waals surface area contributed by atoms with Crippen LogP contribution in [0.25, 0.3) is 0 Å². The zero-order valence-electron chi connectivity index (χ0n) is 12.1. The van der Waals surface area contributed by atoms with Crippen molar-refractivity contribution in [2.24, 2.45) is 0 Å². The van der Waals surface area contributed by atoms with Gasteiger partial charge >= 0.3 is 0 Å². The van der Waals surface area contributed by atoms with Gasteiger partial charge in [0, 0.05) is 18.0 Å². The van der Waals surface area contributed by atoms with Crippen LogP contribution in [0.5, 0.6) is 0 Å². The Labute approximate surface area is 134 Å². The Bertz CT molecular complexity index is 634. The molecule has 3 nitrogen and oxygen atoms in total. The van der Waals surface area contributed by atoms with Crippen LogP contribution in [-0.4, -0.2) is 19.0 Å². The van der Waals surface area contributed by atoms with Crippen LogP contribution in [0.15, 0.2) is 48.5 Å². The van der Waals surface area contributed by atoms with E-state index in [1.165, 1.54) is 6.07 Å². The standard InChI is InChI=1S/C17H18ClFN2O/c18-14-5-3-4-13(12-14)8-10-20-11-9-17(22)21-16-7-2-1-6-15(16)19/h1-7,12,20H,8-11H2,(H,21,22). The normalized spacial score (nSPS) is 10.5. The number of benzene rings is 2. The molecule has 1 amide bonds. The van der Waals surface area contributed by atoms with Gasteiger partial charge in [-0.25, -0.2) is 4.39 Å². The summed E-state index contributed by atoms with van der Waals surface area (Å²) < 4.78 is 13.4. The predicted molar refractivity (Wildman–Crippen MR) is 87.7 cm³/mol. The van der Waals surface area contributed by atoms with Crippen LogP contribution in [0.3, 0.4) is 0 Å². The first-order valence-corrected chi connectivity index (χ1v) is 7.52. The Morgan fingerprint density at radius 3 is 2.68 bits per heavy atom. The average Bonchev–Trinajstić information content (AvgIpc) is 2.49. The molecule has 0 aliphatic rings. The molecular formula is C17H18ClFN2O. The lowest BCUT2D eigenvalue weighted by atomic mass is 10.1. The summed E-state index contributed by atoms with van der Waals surface area (Å²) in [7, 11) is 0. The summed E-state index contributed by atoms with van der Waals surface area (Å²) in [5, 5.41) is 6.47. The molecule has 5 heteroatoms. The molecule has 2 N–H and O–H groups in total. The van der Waals surface area contributed by atoms with Crippen molar-refractivity contribution in [3.8, 4) is 0 Å². The molecule has 0 aromatic heterocycles. The highest BCUT2D eigenvalue weighted by molar-refractivity contribution is 6.30. The second-order valence-corrected chi connectivity index (χ2v) is 5.34. The van der Waals surface area contributed by atoms with Crippen LogP contribution in [0.4, 0.5) is 10.1 Å². The van der Waals surface area contributed by atoms with E-state index >= 15 is 0 Å². The van der Waals surface area contributed by atoms with E-state index in [9.17, 15) is 9.18 Å². The molecule has 2 rings (SSSR count). The van der Waals surface area contributed by atoms with Crippen LogP contribution in [0, 0.1) is 5.82 Å². The summed E-state index contributed by atoms with van der Waals surface area (Å²) in [4.78, 5) is 11.7. The fraction of sp³-hybridized carbons (Fsp3) is 0.235. The number of hydrogen-bond acceptors (Lipinski definition) is 2. The van der Waals surface area contributed by atoms with Crippen molar-refractivity contribution in [3.05, 3.63) is 64.9 Å². The average molecular weight is 321 g/mol. The van der Waals surface area contributed by atoms with E-state index in [0.29, 0.717) is 13.0 Å². The number of nitrogens with one attached hydrogen (secondary N) is 2. The van der Waals surface area contributed by atoms with Crippen molar-refractivity contribution in [3.63, 3.8) is 0 Å². The highest BCUT2D eigenvalue weighted by Gasteiger charge is 2.05. The maximum atomic E-state index is 13.4. The van der Waals surface area contributed by atoms with Gasteiger partial charge in [-0.05, 0) is 42.8 Å². The molecule has 0 aliphatic heterocycles. The minimum atomic E-state index is -0.426. The number of halogens is 2. The van der Waals surface area contributed by atoms with Crippen LogP contribution < -0.4 is 10.6 Å². The fourth-order valence-electron chi connectivity index (χ4n) is 2.03. The van der Waals surface area contributed by atoms with Crippen LogP contribution >= 0.6 is 11.6 Å². The third-order valence-corrected chi connectivity index (χ3v) is 3.39. The molecular weight excluding hydrogens is 303 g/mol. The summed E-state index contributed by atoms with van der Waals surface area (Å²) in [6, 6.07) is 13.8. The monoisotopic (exact) mass is 320 g/mol. The molecule has 0 atom stereocenters. The number of carbonyl (C=O) groups is 1. The van der Waals surface area contributed by atoms with E-state index in [-0.39, 0.29) is 11.6 Å². The number of hydrogen-bond donors (Lipinski definition) is 2. The molecule has 2 aromatic carbocycles. The summed E-state index contributed by atoms with van der Waals surface area (Å²) in [5.74, 6) is -0.634. The number of amides is 1. The Morgan fingerprint density at radius 2 is 1.91 bits per heavy atom. The smallest absolute Gasteiger partial charge is 0.225 e. The Hall–Kier alpha value is -1.91. The highest BCUT2D eigenvalue weighted by Crippen LogP contribution is 2.12. The first-order chi connectivity index (χ1) is 10.6. The number of para-hydroxylation sites is 1. The lowest BCUT2D eigenvalue weighted by Gasteiger charge is -2.07. The fourth-order valence-corrected chi connectivity index (χ4v) is 2.24. The van der Waals surface area contributed by atoms with Crippen molar-refractivity contribution in [2.45, 2.75) is 12.8 Å². The molecule has 0 aliphatic carbocycles. The summed E-state index contributed by atoms with van der Waals surface area (Å²) in [5.41, 5.74) is 1.36. The molecule has 116 valence electrons. The van der Waals surface area contributed by atoms with Crippen molar-refractivity contribution in [1.29, 1.82) is 0 Å². The van der Waals surface area contributed by atoms with Gasteiger partial charge in [0.2, 0.25) is 5.91 Å². The number of rotatable bonds is 7. The second kappa shape index (κ2) is 8.51. The van der Waals surface area contributed by atoms with Gasteiger partial charge in [0.05, 0.1) is 5.69 Å². The molecule has 0 unspecified atom stereocenters. The molecule has 0 bridgehead atoms. The van der Waals surface area contributed by atoms with E-state index in [2.05, 4.69) is 10.6 Å². The summed E-state index contributed by atoms with van der Waals surface area (Å²) in [6.07, 6.45) is 1.14. The first-order valence-electron chi connectivity index (χ1n) is 7.15. The topological polar surface area (TPSA) is 41.1 Å². The van der Waals surface area contributed by atoms with Gasteiger partial charge < -0.3 is 10.6 Å². The van der Waals surface area contributed by atoms with E-state index in [4.69, 9.17) is 11.6 Å². The van der Waals surface area contributed by atoms with Gasteiger partial charge in [0.25, 0.3) is 0 Å². The largest absolute Gasteiger partial charge is 0.324 e. The molecule has 0 heterocycles. The van der Waals surface area contributed by atoms with E-state index in [1.54, 1.807) is 18.2 Å². The molecule has 0 fully saturated rings. The molecule has 2 aromatic rings. The Morgan fingerprint density at radius 1 is 1.09 bits per heavy atom. The van der Waals surface area contributed by atoms with Gasteiger partial charge in [0.1, 0.15) is 5.82 Å². The molecule has 0 saturated heterocycles. The number of carbonyl (C=O) groups excluding carboxylic acids is 1. The van der Waals surface area contributed by atoms with Crippen molar-refractivity contribution in [2.75, 3.05) is 18.4 Å². The third-order valence-electron chi connectivity index (χ3n) is 3.16. The van der Waals surface area contributed by atoms with Gasteiger partial charge in [0.15, 0.2) is 0 Å². The first kappa shape index (κ1) is 16.5. The van der Waals surface area contributed by atoms with Gasteiger partial charge in [-0.2, -0.15) is 0 Å². The van der Waals surface area contributed by atoms with E-state index in [1.807, 2.05) is 24.3 Å². The zero-order chi connectivity index (χ0) is 15.8. The van der Waals surface area contributed by atoms with Gasteiger partial charge in [-0.15, -0.1) is 0 Å². The quantitative estimate of drug-likeness (QED) is 0.765. The molecule has 0 spiro atoms. The van der Waals surface area contributed by atoms with Crippen LogP contribution in [0.2, 0.25) is 5.02 Å². The molecule has 0 saturated carbocycles. The lowest BCUT2D eigenvalue weighted by Crippen LogP contribution is -2.23. The van der Waals surface area contributed by atoms with Crippen molar-refractivity contribution >= 4 is 23.2 Å². The minimum absolute atomic E-state index is 0.208. The summed E-state index contributed by atoms with van der Waals surface area (Å²) >= 11 is 5.91. The van der Waals surface area contributed by atoms with E-state index < -0.39 is 5.82 Å². The van der Waals surface area contributed by atoms with Crippen LogP contribution in [-0.2, 0) is 11.2 Å². The minimum Gasteiger partial charge on any atom is -0.324 e. The van der Waals surface area contributed by atoms with E-state index in [0.717, 1.165) is 23.6 Å². The summed E-state index contributed by atoms with van der Waals surface area (Å²) in [6.45, 7) is 1.30. The van der Waals surface area contributed by atoms with Gasteiger partial charge in [-0.1, -0.05) is 35.9 Å².